The van der Waals surface area contributed by atoms with Gasteiger partial charge in [-0.25, -0.2) is 0 Å². The molecule has 0 saturated heterocycles. The molecule has 0 heterocycles. The van der Waals surface area contributed by atoms with Crippen LogP contribution in [-0.4, -0.2) is 5.78 Å². The molecule has 0 aromatic rings. The van der Waals surface area contributed by atoms with Crippen LogP contribution in [0.5, 0.6) is 0 Å². The average Bonchev–Trinajstić information content (AvgIpc) is 2.07. The predicted octanol–water partition coefficient (Wildman–Crippen LogP) is 4.21. The van der Waals surface area contributed by atoms with Crippen LogP contribution in [0.25, 0.3) is 0 Å². The largest absolute Gasteiger partial charge is 0.300 e. The van der Waals surface area contributed by atoms with Crippen LogP contribution in [0.15, 0.2) is 0 Å². The van der Waals surface area contributed by atoms with Gasteiger partial charge >= 0.3 is 0 Å². The summed E-state index contributed by atoms with van der Waals surface area (Å²) >= 11 is 0. The lowest BCUT2D eigenvalue weighted by Gasteiger charge is -2.15. The molecule has 0 aliphatic heterocycles. The molecular formula is C12H26O. The first-order chi connectivity index (χ1) is 5.66. The molecule has 0 unspecified atom stereocenters. The molecule has 80 valence electrons. The van der Waals surface area contributed by atoms with Crippen molar-refractivity contribution in [3.63, 3.8) is 0 Å². The van der Waals surface area contributed by atoms with Crippen LogP contribution in [0.3, 0.4) is 0 Å². The van der Waals surface area contributed by atoms with E-state index in [0.29, 0.717) is 6.42 Å². The van der Waals surface area contributed by atoms with Crippen LogP contribution in [-0.2, 0) is 4.79 Å². The summed E-state index contributed by atoms with van der Waals surface area (Å²) in [6.07, 6.45) is 8.10. The first-order valence-corrected chi connectivity index (χ1v) is 5.16. The van der Waals surface area contributed by atoms with Gasteiger partial charge in [-0.2, -0.15) is 0 Å². The molecule has 0 spiro atoms. The van der Waals surface area contributed by atoms with Crippen LogP contribution in [0.1, 0.15) is 66.7 Å². The van der Waals surface area contributed by atoms with E-state index < -0.39 is 0 Å². The summed E-state index contributed by atoms with van der Waals surface area (Å²) in [4.78, 5) is 9.81. The molecule has 1 rings (SSSR count). The van der Waals surface area contributed by atoms with Crippen LogP contribution in [0.2, 0.25) is 0 Å². The van der Waals surface area contributed by atoms with E-state index in [1.807, 2.05) is 6.92 Å². The summed E-state index contributed by atoms with van der Waals surface area (Å²) in [6.45, 7) is 5.79. The minimum absolute atomic E-state index is 0. The fourth-order valence-electron chi connectivity index (χ4n) is 1.31. The zero-order valence-electron chi connectivity index (χ0n) is 8.73. The molecule has 0 aromatic carbocycles. The second-order valence-corrected chi connectivity index (χ2v) is 3.80. The van der Waals surface area contributed by atoms with E-state index in [-0.39, 0.29) is 13.2 Å². The second kappa shape index (κ2) is 9.76. The third-order valence-corrected chi connectivity index (χ3v) is 2.39. The molecule has 0 bridgehead atoms. The SMILES string of the molecule is C.CC1CCCCC1.CCC(C)=O. The first-order valence-electron chi connectivity index (χ1n) is 5.16. The average molecular weight is 186 g/mol. The Morgan fingerprint density at radius 1 is 1.23 bits per heavy atom. The van der Waals surface area contributed by atoms with Gasteiger partial charge in [0.05, 0.1) is 0 Å². The minimum atomic E-state index is 0. The summed E-state index contributed by atoms with van der Waals surface area (Å²) in [5.74, 6) is 1.29. The molecule has 1 fully saturated rings. The van der Waals surface area contributed by atoms with Gasteiger partial charge in [-0.05, 0) is 12.8 Å². The second-order valence-electron chi connectivity index (χ2n) is 3.80. The van der Waals surface area contributed by atoms with Crippen molar-refractivity contribution < 1.29 is 4.79 Å². The quantitative estimate of drug-likeness (QED) is 0.599. The molecule has 0 N–H and O–H groups in total. The normalized spacial score (nSPS) is 16.5. The van der Waals surface area contributed by atoms with Crippen molar-refractivity contribution in [1.82, 2.24) is 0 Å². The molecular weight excluding hydrogens is 160 g/mol. The van der Waals surface area contributed by atoms with Gasteiger partial charge < -0.3 is 4.79 Å². The van der Waals surface area contributed by atoms with Gasteiger partial charge in [-0.1, -0.05) is 53.4 Å². The molecule has 0 atom stereocenters. The maximum atomic E-state index is 9.81. The summed E-state index contributed by atoms with van der Waals surface area (Å²) in [7, 11) is 0. The lowest BCUT2D eigenvalue weighted by Crippen LogP contribution is -1.99. The maximum Gasteiger partial charge on any atom is 0.129 e. The minimum Gasteiger partial charge on any atom is -0.300 e. The maximum absolute atomic E-state index is 9.81. The smallest absolute Gasteiger partial charge is 0.129 e. The molecule has 1 heteroatoms. The highest BCUT2D eigenvalue weighted by Crippen LogP contribution is 2.21. The van der Waals surface area contributed by atoms with Gasteiger partial charge in [0.1, 0.15) is 5.78 Å². The highest BCUT2D eigenvalue weighted by atomic mass is 16.1. The molecule has 0 radical (unpaired) electrons. The summed E-state index contributed by atoms with van der Waals surface area (Å²) in [5, 5.41) is 0. The standard InChI is InChI=1S/C7H14.C4H8O.CH4/c1-7-5-3-2-4-6-7;1-3-4(2)5;/h7H,2-6H2,1H3;3H2,1-2H3;1H4. The van der Waals surface area contributed by atoms with Gasteiger partial charge in [0.2, 0.25) is 0 Å². The molecule has 1 saturated carbocycles. The molecule has 1 aliphatic carbocycles. The molecule has 1 nitrogen and oxygen atoms in total. The molecule has 13 heavy (non-hydrogen) atoms. The number of carbonyl (C=O) groups is 1. The van der Waals surface area contributed by atoms with Gasteiger partial charge in [-0.3, -0.25) is 0 Å². The third-order valence-electron chi connectivity index (χ3n) is 2.39. The Hall–Kier alpha value is -0.330. The van der Waals surface area contributed by atoms with Crippen LogP contribution in [0.4, 0.5) is 0 Å². The van der Waals surface area contributed by atoms with Crippen molar-refractivity contribution in [2.45, 2.75) is 66.7 Å². The van der Waals surface area contributed by atoms with Gasteiger partial charge in [0.15, 0.2) is 0 Å². The number of Topliss-reactive ketones (excluding diaryl/α,β-unsaturated/α-hetero) is 1. The zero-order chi connectivity index (χ0) is 9.40. The lowest BCUT2D eigenvalue weighted by atomic mass is 9.91. The Labute approximate surface area is 83.9 Å². The van der Waals surface area contributed by atoms with Crippen molar-refractivity contribution in [2.24, 2.45) is 5.92 Å². The van der Waals surface area contributed by atoms with Crippen molar-refractivity contribution in [3.8, 4) is 0 Å². The fourth-order valence-corrected chi connectivity index (χ4v) is 1.31. The Morgan fingerprint density at radius 2 is 1.62 bits per heavy atom. The molecule has 0 amide bonds. The lowest BCUT2D eigenvalue weighted by molar-refractivity contribution is -0.116. The van der Waals surface area contributed by atoms with E-state index in [2.05, 4.69) is 6.92 Å². The van der Waals surface area contributed by atoms with E-state index >= 15 is 0 Å². The molecule has 1 aliphatic rings. The van der Waals surface area contributed by atoms with Crippen LogP contribution in [0, 0.1) is 5.92 Å². The van der Waals surface area contributed by atoms with Crippen LogP contribution >= 0.6 is 0 Å². The number of hydrogen-bond acceptors (Lipinski definition) is 1. The number of rotatable bonds is 1. The number of carbonyl (C=O) groups excluding carboxylic acids is 1. The summed E-state index contributed by atoms with van der Waals surface area (Å²) < 4.78 is 0. The van der Waals surface area contributed by atoms with Crippen LogP contribution < -0.4 is 0 Å². The van der Waals surface area contributed by atoms with Crippen molar-refractivity contribution in [3.05, 3.63) is 0 Å². The van der Waals surface area contributed by atoms with E-state index in [0.717, 1.165) is 5.92 Å². The highest BCUT2D eigenvalue weighted by Gasteiger charge is 2.05. The summed E-state index contributed by atoms with van der Waals surface area (Å²) in [5.41, 5.74) is 0. The third kappa shape index (κ3) is 11.7. The zero-order valence-corrected chi connectivity index (χ0v) is 8.73. The fraction of sp³-hybridized carbons (Fsp3) is 0.917. The van der Waals surface area contributed by atoms with E-state index in [1.165, 1.54) is 32.1 Å². The Kier molecular flexibility index (Phi) is 11.4. The van der Waals surface area contributed by atoms with Crippen molar-refractivity contribution in [1.29, 1.82) is 0 Å². The van der Waals surface area contributed by atoms with Gasteiger partial charge in [0, 0.05) is 6.42 Å². The Bertz CT molecular complexity index is 112. The predicted molar refractivity (Wildman–Crippen MR) is 60.0 cm³/mol. The van der Waals surface area contributed by atoms with E-state index in [4.69, 9.17) is 0 Å². The Balaban J connectivity index is 0. The van der Waals surface area contributed by atoms with Crippen molar-refractivity contribution in [2.75, 3.05) is 0 Å². The first kappa shape index (κ1) is 15.2. The highest BCUT2D eigenvalue weighted by molar-refractivity contribution is 5.74. The monoisotopic (exact) mass is 186 g/mol. The van der Waals surface area contributed by atoms with E-state index in [1.54, 1.807) is 6.92 Å². The van der Waals surface area contributed by atoms with Crippen molar-refractivity contribution >= 4 is 5.78 Å². The van der Waals surface area contributed by atoms with Gasteiger partial charge in [0.25, 0.3) is 0 Å². The van der Waals surface area contributed by atoms with E-state index in [9.17, 15) is 4.79 Å². The topological polar surface area (TPSA) is 17.1 Å². The summed E-state index contributed by atoms with van der Waals surface area (Å²) in [6, 6.07) is 0. The number of hydrogen-bond donors (Lipinski definition) is 0. The Morgan fingerprint density at radius 3 is 1.77 bits per heavy atom. The number of ketones is 1. The van der Waals surface area contributed by atoms with Gasteiger partial charge in [-0.15, -0.1) is 0 Å². The molecule has 0 aromatic heterocycles.